The van der Waals surface area contributed by atoms with Crippen LogP contribution in [0.4, 0.5) is 4.39 Å². The first-order valence-corrected chi connectivity index (χ1v) is 6.94. The van der Waals surface area contributed by atoms with Gasteiger partial charge in [-0.15, -0.1) is 0 Å². The Hall–Kier alpha value is -1.22. The molecule has 1 aromatic carbocycles. The van der Waals surface area contributed by atoms with Crippen LogP contribution in [0.5, 0.6) is 0 Å². The summed E-state index contributed by atoms with van der Waals surface area (Å²) in [4.78, 5) is 12.7. The number of nitrogens with two attached hydrogens (primary N) is 1. The molecule has 0 aromatic heterocycles. The van der Waals surface area contributed by atoms with Crippen molar-refractivity contribution in [1.29, 1.82) is 0 Å². The normalized spacial score (nSPS) is 27.3. The van der Waals surface area contributed by atoms with Gasteiger partial charge in [0.1, 0.15) is 5.82 Å². The van der Waals surface area contributed by atoms with Gasteiger partial charge in [-0.05, 0) is 49.8 Å². The topological polar surface area (TPSA) is 43.1 Å². The Morgan fingerprint density at radius 1 is 1.42 bits per heavy atom. The van der Waals surface area contributed by atoms with Gasteiger partial charge in [-0.3, -0.25) is 4.79 Å². The van der Waals surface area contributed by atoms with E-state index in [1.165, 1.54) is 6.07 Å². The van der Waals surface area contributed by atoms with E-state index in [1.54, 1.807) is 6.92 Å². The largest absolute Gasteiger partial charge is 0.319 e. The number of hydrogen-bond donors (Lipinski definition) is 1. The molecule has 0 radical (unpaired) electrons. The fourth-order valence-electron chi connectivity index (χ4n) is 3.25. The molecule has 0 spiro atoms. The zero-order chi connectivity index (χ0) is 14.2. The lowest BCUT2D eigenvalue weighted by Crippen LogP contribution is -2.51. The first-order valence-electron chi connectivity index (χ1n) is 6.94. The molecule has 0 saturated heterocycles. The number of hydrogen-bond acceptors (Lipinski definition) is 2. The molecule has 1 aromatic rings. The summed E-state index contributed by atoms with van der Waals surface area (Å²) in [6, 6.07) is 3.25. The Balaban J connectivity index is 2.39. The predicted molar refractivity (Wildman–Crippen MR) is 74.8 cm³/mol. The summed E-state index contributed by atoms with van der Waals surface area (Å²) in [5.74, 6) is -0.240. The van der Waals surface area contributed by atoms with E-state index in [-0.39, 0.29) is 11.3 Å². The highest BCUT2D eigenvalue weighted by Gasteiger charge is 2.39. The van der Waals surface area contributed by atoms with Crippen LogP contribution in [0.15, 0.2) is 12.1 Å². The van der Waals surface area contributed by atoms with Crippen molar-refractivity contribution in [3.63, 3.8) is 0 Å². The van der Waals surface area contributed by atoms with E-state index >= 15 is 0 Å². The molecule has 0 heterocycles. The van der Waals surface area contributed by atoms with Gasteiger partial charge in [0.2, 0.25) is 0 Å². The molecule has 104 valence electrons. The van der Waals surface area contributed by atoms with Crippen LogP contribution in [-0.2, 0) is 0 Å². The first kappa shape index (κ1) is 14.2. The van der Waals surface area contributed by atoms with E-state index in [2.05, 4.69) is 6.92 Å². The smallest absolute Gasteiger partial charge is 0.185 e. The zero-order valence-corrected chi connectivity index (χ0v) is 11.9. The van der Waals surface area contributed by atoms with E-state index < -0.39 is 11.4 Å². The second-order valence-electron chi connectivity index (χ2n) is 6.13. The maximum absolute atomic E-state index is 14.1. The number of carbonyl (C=O) groups is 1. The predicted octanol–water partition coefficient (Wildman–Crippen LogP) is 3.53. The standard InChI is InChI=1S/C16H22FNO/c1-10-5-4-6-16(18,9-10)15(19)14-12(3)7-11(2)8-13(14)17/h7-8,10H,4-6,9,18H2,1-3H3. The van der Waals surface area contributed by atoms with Gasteiger partial charge in [-0.25, -0.2) is 4.39 Å². The Bertz CT molecular complexity index is 488. The maximum atomic E-state index is 14.1. The summed E-state index contributed by atoms with van der Waals surface area (Å²) in [6.45, 7) is 5.70. The highest BCUT2D eigenvalue weighted by Crippen LogP contribution is 2.34. The zero-order valence-electron chi connectivity index (χ0n) is 11.9. The summed E-state index contributed by atoms with van der Waals surface area (Å²) >= 11 is 0. The molecule has 2 rings (SSSR count). The van der Waals surface area contributed by atoms with Crippen LogP contribution >= 0.6 is 0 Å². The van der Waals surface area contributed by atoms with Crippen molar-refractivity contribution in [2.75, 3.05) is 0 Å². The molecule has 1 fully saturated rings. The average molecular weight is 263 g/mol. The number of aryl methyl sites for hydroxylation is 2. The quantitative estimate of drug-likeness (QED) is 0.829. The molecule has 3 heteroatoms. The third-order valence-corrected chi connectivity index (χ3v) is 4.14. The lowest BCUT2D eigenvalue weighted by molar-refractivity contribution is 0.0814. The second kappa shape index (κ2) is 5.04. The lowest BCUT2D eigenvalue weighted by Gasteiger charge is -2.35. The summed E-state index contributed by atoms with van der Waals surface area (Å²) < 4.78 is 14.1. The number of halogens is 1. The van der Waals surface area contributed by atoms with Crippen molar-refractivity contribution in [2.24, 2.45) is 11.7 Å². The second-order valence-corrected chi connectivity index (χ2v) is 6.13. The van der Waals surface area contributed by atoms with Gasteiger partial charge >= 0.3 is 0 Å². The fraction of sp³-hybridized carbons (Fsp3) is 0.562. The number of rotatable bonds is 2. The number of ketones is 1. The van der Waals surface area contributed by atoms with Crippen LogP contribution < -0.4 is 5.73 Å². The van der Waals surface area contributed by atoms with E-state index in [1.807, 2.05) is 13.0 Å². The summed E-state index contributed by atoms with van der Waals surface area (Å²) in [6.07, 6.45) is 3.35. The third-order valence-electron chi connectivity index (χ3n) is 4.14. The Kier molecular flexibility index (Phi) is 3.77. The Morgan fingerprint density at radius 3 is 2.68 bits per heavy atom. The Morgan fingerprint density at radius 2 is 2.11 bits per heavy atom. The van der Waals surface area contributed by atoms with E-state index in [0.29, 0.717) is 24.3 Å². The maximum Gasteiger partial charge on any atom is 0.185 e. The molecule has 1 saturated carbocycles. The van der Waals surface area contributed by atoms with Crippen LogP contribution in [0, 0.1) is 25.6 Å². The Labute approximate surface area is 114 Å². The summed E-state index contributed by atoms with van der Waals surface area (Å²) in [5, 5.41) is 0. The van der Waals surface area contributed by atoms with Gasteiger partial charge in [0.05, 0.1) is 11.1 Å². The molecule has 0 aliphatic heterocycles. The fourth-order valence-corrected chi connectivity index (χ4v) is 3.25. The summed E-state index contributed by atoms with van der Waals surface area (Å²) in [7, 11) is 0. The van der Waals surface area contributed by atoms with Gasteiger partial charge < -0.3 is 5.73 Å². The molecule has 2 N–H and O–H groups in total. The molecule has 0 bridgehead atoms. The number of Topliss-reactive ketones (excluding diaryl/α,β-unsaturated/α-hetero) is 1. The summed E-state index contributed by atoms with van der Waals surface area (Å²) in [5.41, 5.74) is 7.09. The molecule has 1 aliphatic rings. The van der Waals surface area contributed by atoms with Gasteiger partial charge in [0, 0.05) is 0 Å². The monoisotopic (exact) mass is 263 g/mol. The third kappa shape index (κ3) is 2.71. The van der Waals surface area contributed by atoms with E-state index in [4.69, 9.17) is 5.73 Å². The molecular weight excluding hydrogens is 241 g/mol. The SMILES string of the molecule is Cc1cc(C)c(C(=O)C2(N)CCCC(C)C2)c(F)c1. The highest BCUT2D eigenvalue weighted by molar-refractivity contribution is 6.04. The van der Waals surface area contributed by atoms with Crippen molar-refractivity contribution >= 4 is 5.78 Å². The number of carbonyl (C=O) groups excluding carboxylic acids is 1. The van der Waals surface area contributed by atoms with Crippen molar-refractivity contribution in [3.8, 4) is 0 Å². The van der Waals surface area contributed by atoms with Gasteiger partial charge in [0.15, 0.2) is 5.78 Å². The average Bonchev–Trinajstić information content (AvgIpc) is 2.26. The van der Waals surface area contributed by atoms with Gasteiger partial charge in [-0.1, -0.05) is 25.8 Å². The van der Waals surface area contributed by atoms with Crippen LogP contribution in [-0.4, -0.2) is 11.3 Å². The highest BCUT2D eigenvalue weighted by atomic mass is 19.1. The van der Waals surface area contributed by atoms with Crippen LogP contribution in [0.2, 0.25) is 0 Å². The van der Waals surface area contributed by atoms with Crippen LogP contribution in [0.3, 0.4) is 0 Å². The van der Waals surface area contributed by atoms with Crippen molar-refractivity contribution < 1.29 is 9.18 Å². The van der Waals surface area contributed by atoms with Crippen molar-refractivity contribution in [2.45, 2.75) is 52.0 Å². The van der Waals surface area contributed by atoms with Crippen LogP contribution in [0.25, 0.3) is 0 Å². The van der Waals surface area contributed by atoms with Crippen molar-refractivity contribution in [1.82, 2.24) is 0 Å². The molecule has 0 amide bonds. The molecule has 2 unspecified atom stereocenters. The number of benzene rings is 1. The lowest BCUT2D eigenvalue weighted by atomic mass is 9.72. The van der Waals surface area contributed by atoms with Gasteiger partial charge in [-0.2, -0.15) is 0 Å². The molecule has 1 aliphatic carbocycles. The molecule has 19 heavy (non-hydrogen) atoms. The van der Waals surface area contributed by atoms with Crippen LogP contribution in [0.1, 0.15) is 54.1 Å². The minimum absolute atomic E-state index is 0.183. The van der Waals surface area contributed by atoms with E-state index in [9.17, 15) is 9.18 Å². The molecule has 2 nitrogen and oxygen atoms in total. The van der Waals surface area contributed by atoms with Crippen molar-refractivity contribution in [3.05, 3.63) is 34.6 Å². The minimum Gasteiger partial charge on any atom is -0.319 e. The molecule has 2 atom stereocenters. The van der Waals surface area contributed by atoms with Gasteiger partial charge in [0.25, 0.3) is 0 Å². The first-order chi connectivity index (χ1) is 8.83. The van der Waals surface area contributed by atoms with E-state index in [0.717, 1.165) is 18.4 Å². The minimum atomic E-state index is -0.890. The molecular formula is C16H22FNO.